The second-order valence-corrected chi connectivity index (χ2v) is 6.28. The number of nitrogens with one attached hydrogen (secondary N) is 1. The highest BCUT2D eigenvalue weighted by Crippen LogP contribution is 2.35. The normalized spacial score (nSPS) is 22.7. The molecule has 1 atom stereocenters. The van der Waals surface area contributed by atoms with E-state index in [9.17, 15) is 19.5 Å². The summed E-state index contributed by atoms with van der Waals surface area (Å²) in [5.74, 6) is -1.50. The molecular formula is C14H25N3O4. The van der Waals surface area contributed by atoms with E-state index in [2.05, 4.69) is 5.32 Å². The third-order valence-electron chi connectivity index (χ3n) is 4.08. The van der Waals surface area contributed by atoms with E-state index in [1.54, 1.807) is 0 Å². The highest BCUT2D eigenvalue weighted by Gasteiger charge is 2.43. The molecule has 0 saturated carbocycles. The van der Waals surface area contributed by atoms with Crippen molar-refractivity contribution >= 4 is 17.9 Å². The van der Waals surface area contributed by atoms with Gasteiger partial charge in [0.05, 0.1) is 5.41 Å². The third-order valence-corrected chi connectivity index (χ3v) is 4.08. The number of primary amides is 1. The van der Waals surface area contributed by atoms with Crippen molar-refractivity contribution in [3.63, 3.8) is 0 Å². The Balaban J connectivity index is 2.82. The first-order valence-electron chi connectivity index (χ1n) is 7.25. The molecule has 0 aromatic rings. The number of nitrogens with zero attached hydrogens (tertiary/aromatic N) is 1. The average molecular weight is 299 g/mol. The van der Waals surface area contributed by atoms with Crippen LogP contribution in [0.5, 0.6) is 0 Å². The molecule has 7 heteroatoms. The van der Waals surface area contributed by atoms with Gasteiger partial charge in [-0.25, -0.2) is 4.79 Å². The lowest BCUT2D eigenvalue weighted by Crippen LogP contribution is -2.59. The maximum absolute atomic E-state index is 12.2. The zero-order chi connectivity index (χ0) is 16.3. The number of hydrogen-bond donors (Lipinski definition) is 3. The van der Waals surface area contributed by atoms with Crippen molar-refractivity contribution in [1.29, 1.82) is 0 Å². The SMILES string of the molecule is CCCC1(C(=O)O)CCCN(C(=O)NC(C)(C)C(N)=O)C1. The summed E-state index contributed by atoms with van der Waals surface area (Å²) < 4.78 is 0. The van der Waals surface area contributed by atoms with Gasteiger partial charge in [0.15, 0.2) is 0 Å². The highest BCUT2D eigenvalue weighted by atomic mass is 16.4. The molecule has 0 aromatic carbocycles. The Morgan fingerprint density at radius 1 is 1.38 bits per heavy atom. The van der Waals surface area contributed by atoms with Crippen molar-refractivity contribution in [3.8, 4) is 0 Å². The molecular weight excluding hydrogens is 274 g/mol. The summed E-state index contributed by atoms with van der Waals surface area (Å²) in [5.41, 5.74) is 3.18. The van der Waals surface area contributed by atoms with E-state index in [-0.39, 0.29) is 6.54 Å². The number of hydrogen-bond acceptors (Lipinski definition) is 3. The van der Waals surface area contributed by atoms with Crippen LogP contribution >= 0.6 is 0 Å². The van der Waals surface area contributed by atoms with Crippen molar-refractivity contribution in [3.05, 3.63) is 0 Å². The first kappa shape index (κ1) is 17.3. The van der Waals surface area contributed by atoms with Gasteiger partial charge in [-0.3, -0.25) is 9.59 Å². The average Bonchev–Trinajstić information content (AvgIpc) is 2.38. The molecule has 1 heterocycles. The van der Waals surface area contributed by atoms with Gasteiger partial charge in [-0.1, -0.05) is 13.3 Å². The van der Waals surface area contributed by atoms with E-state index in [4.69, 9.17) is 5.73 Å². The topological polar surface area (TPSA) is 113 Å². The van der Waals surface area contributed by atoms with Crippen LogP contribution < -0.4 is 11.1 Å². The number of aliphatic carboxylic acids is 1. The minimum Gasteiger partial charge on any atom is -0.481 e. The molecule has 1 aliphatic rings. The van der Waals surface area contributed by atoms with Crippen LogP contribution in [-0.2, 0) is 9.59 Å². The number of likely N-dealkylation sites (tertiary alicyclic amines) is 1. The van der Waals surface area contributed by atoms with E-state index >= 15 is 0 Å². The molecule has 0 spiro atoms. The maximum atomic E-state index is 12.2. The number of carboxylic acids is 1. The van der Waals surface area contributed by atoms with Crippen LogP contribution in [0, 0.1) is 5.41 Å². The molecule has 7 nitrogen and oxygen atoms in total. The van der Waals surface area contributed by atoms with Crippen LogP contribution in [-0.4, -0.2) is 46.5 Å². The standard InChI is InChI=1S/C14H25N3O4/c1-4-6-14(11(19)20)7-5-8-17(9-14)12(21)16-13(2,3)10(15)18/h4-9H2,1-3H3,(H2,15,18)(H,16,21)(H,19,20). The number of carboxylic acid groups (broad SMARTS) is 1. The van der Waals surface area contributed by atoms with Crippen molar-refractivity contribution in [2.45, 2.75) is 52.0 Å². The smallest absolute Gasteiger partial charge is 0.318 e. The number of carbonyl (C=O) groups excluding carboxylic acids is 2. The fourth-order valence-corrected chi connectivity index (χ4v) is 2.68. The molecule has 3 amide bonds. The summed E-state index contributed by atoms with van der Waals surface area (Å²) in [5, 5.41) is 12.1. The van der Waals surface area contributed by atoms with Gasteiger partial charge in [-0.05, 0) is 33.1 Å². The van der Waals surface area contributed by atoms with E-state index in [0.29, 0.717) is 25.8 Å². The Labute approximate surface area is 124 Å². The van der Waals surface area contributed by atoms with Crippen molar-refractivity contribution in [1.82, 2.24) is 10.2 Å². The molecule has 0 aromatic heterocycles. The van der Waals surface area contributed by atoms with Gasteiger partial charge in [0, 0.05) is 13.1 Å². The Hall–Kier alpha value is -1.79. The van der Waals surface area contributed by atoms with Crippen LogP contribution in [0.3, 0.4) is 0 Å². The number of amides is 3. The maximum Gasteiger partial charge on any atom is 0.318 e. The molecule has 120 valence electrons. The number of urea groups is 1. The van der Waals surface area contributed by atoms with Crippen molar-refractivity contribution < 1.29 is 19.5 Å². The van der Waals surface area contributed by atoms with Gasteiger partial charge >= 0.3 is 12.0 Å². The Morgan fingerprint density at radius 2 is 2.00 bits per heavy atom. The van der Waals surface area contributed by atoms with Crippen LogP contribution in [0.4, 0.5) is 4.79 Å². The van der Waals surface area contributed by atoms with Crippen LogP contribution in [0.25, 0.3) is 0 Å². The highest BCUT2D eigenvalue weighted by molar-refractivity contribution is 5.89. The van der Waals surface area contributed by atoms with Crippen molar-refractivity contribution in [2.24, 2.45) is 11.1 Å². The summed E-state index contributed by atoms with van der Waals surface area (Å²) >= 11 is 0. The van der Waals surface area contributed by atoms with Crippen LogP contribution in [0.15, 0.2) is 0 Å². The molecule has 1 aliphatic heterocycles. The number of rotatable bonds is 5. The number of carbonyl (C=O) groups is 3. The van der Waals surface area contributed by atoms with Gasteiger partial charge < -0.3 is 21.1 Å². The molecule has 0 bridgehead atoms. The van der Waals surface area contributed by atoms with E-state index in [1.165, 1.54) is 18.7 Å². The first-order valence-corrected chi connectivity index (χ1v) is 7.25. The second kappa shape index (κ2) is 6.32. The Kier molecular flexibility index (Phi) is 5.20. The molecule has 0 aliphatic carbocycles. The fourth-order valence-electron chi connectivity index (χ4n) is 2.68. The second-order valence-electron chi connectivity index (χ2n) is 6.28. The third kappa shape index (κ3) is 3.86. The van der Waals surface area contributed by atoms with Crippen LogP contribution in [0.2, 0.25) is 0 Å². The Bertz CT molecular complexity index is 432. The van der Waals surface area contributed by atoms with Gasteiger partial charge in [0.2, 0.25) is 5.91 Å². The van der Waals surface area contributed by atoms with E-state index < -0.39 is 28.9 Å². The van der Waals surface area contributed by atoms with Gasteiger partial charge in [0.25, 0.3) is 0 Å². The monoisotopic (exact) mass is 299 g/mol. The van der Waals surface area contributed by atoms with Crippen molar-refractivity contribution in [2.75, 3.05) is 13.1 Å². The zero-order valence-corrected chi connectivity index (χ0v) is 12.9. The fraction of sp³-hybridized carbons (Fsp3) is 0.786. The quantitative estimate of drug-likeness (QED) is 0.700. The van der Waals surface area contributed by atoms with Gasteiger partial charge in [-0.15, -0.1) is 0 Å². The molecule has 21 heavy (non-hydrogen) atoms. The minimum absolute atomic E-state index is 0.164. The van der Waals surface area contributed by atoms with E-state index in [0.717, 1.165) is 6.42 Å². The van der Waals surface area contributed by atoms with E-state index in [1.807, 2.05) is 6.92 Å². The molecule has 1 saturated heterocycles. The lowest BCUT2D eigenvalue weighted by molar-refractivity contribution is -0.152. The molecule has 1 fully saturated rings. The van der Waals surface area contributed by atoms with Gasteiger partial charge in [-0.2, -0.15) is 0 Å². The summed E-state index contributed by atoms with van der Waals surface area (Å²) in [6, 6.07) is -0.444. The van der Waals surface area contributed by atoms with Crippen LogP contribution in [0.1, 0.15) is 46.5 Å². The first-order chi connectivity index (χ1) is 9.64. The largest absolute Gasteiger partial charge is 0.481 e. The lowest BCUT2D eigenvalue weighted by atomic mass is 9.76. The molecule has 1 rings (SSSR count). The molecule has 1 unspecified atom stereocenters. The number of piperidine rings is 1. The Morgan fingerprint density at radius 3 is 2.48 bits per heavy atom. The zero-order valence-electron chi connectivity index (χ0n) is 12.9. The summed E-state index contributed by atoms with van der Waals surface area (Å²) in [6.45, 7) is 5.62. The summed E-state index contributed by atoms with van der Waals surface area (Å²) in [4.78, 5) is 36.6. The predicted octanol–water partition coefficient (Wildman–Crippen LogP) is 0.927. The lowest BCUT2D eigenvalue weighted by Gasteiger charge is -2.40. The summed E-state index contributed by atoms with van der Waals surface area (Å²) in [7, 11) is 0. The minimum atomic E-state index is -1.16. The molecule has 4 N–H and O–H groups in total. The summed E-state index contributed by atoms with van der Waals surface area (Å²) in [6.07, 6.45) is 2.48. The van der Waals surface area contributed by atoms with Gasteiger partial charge in [0.1, 0.15) is 5.54 Å². The molecule has 0 radical (unpaired) electrons. The number of nitrogens with two attached hydrogens (primary N) is 1. The predicted molar refractivity (Wildman–Crippen MR) is 77.6 cm³/mol.